The molecule has 0 unspecified atom stereocenters. The molecule has 2 aromatic carbocycles. The van der Waals surface area contributed by atoms with Gasteiger partial charge < -0.3 is 19.1 Å². The molecule has 0 N–H and O–H groups in total. The third-order valence-corrected chi connectivity index (χ3v) is 4.51. The van der Waals surface area contributed by atoms with Crippen molar-refractivity contribution >= 4 is 17.6 Å². The summed E-state index contributed by atoms with van der Waals surface area (Å²) in [5, 5.41) is 10.9. The molecule has 2 rings (SSSR count). The lowest BCUT2D eigenvalue weighted by molar-refractivity contribution is -0.385. The van der Waals surface area contributed by atoms with Gasteiger partial charge in [0, 0.05) is 24.7 Å². The van der Waals surface area contributed by atoms with E-state index < -0.39 is 17.5 Å². The molecule has 0 aliphatic carbocycles. The highest BCUT2D eigenvalue weighted by atomic mass is 16.6. The number of nitro groups is 1. The lowest BCUT2D eigenvalue weighted by Crippen LogP contribution is -2.34. The minimum Gasteiger partial charge on any atom is -0.493 e. The van der Waals surface area contributed by atoms with E-state index >= 15 is 0 Å². The summed E-state index contributed by atoms with van der Waals surface area (Å²) in [6.07, 6.45) is 0. The number of carbonyl (C=O) groups excluding carboxylic acids is 2. The largest absolute Gasteiger partial charge is 0.493 e. The van der Waals surface area contributed by atoms with Crippen LogP contribution in [0.25, 0.3) is 0 Å². The maximum Gasteiger partial charge on any atom is 0.338 e. The molecule has 0 spiro atoms. The highest BCUT2D eigenvalue weighted by Crippen LogP contribution is 2.28. The number of amides is 1. The van der Waals surface area contributed by atoms with E-state index in [0.29, 0.717) is 30.2 Å². The van der Waals surface area contributed by atoms with Crippen molar-refractivity contribution in [2.45, 2.75) is 20.4 Å². The van der Waals surface area contributed by atoms with Crippen LogP contribution < -0.4 is 9.47 Å². The molecule has 0 atom stereocenters. The summed E-state index contributed by atoms with van der Waals surface area (Å²) in [6.45, 7) is 3.64. The number of nitrogens with zero attached hydrogens (tertiary/aromatic N) is 2. The predicted octanol–water partition coefficient (Wildman–Crippen LogP) is 3.13. The van der Waals surface area contributed by atoms with Crippen LogP contribution in [-0.4, -0.2) is 49.1 Å². The van der Waals surface area contributed by atoms with Crippen LogP contribution in [0, 0.1) is 17.0 Å². The molecule has 1 amide bonds. The van der Waals surface area contributed by atoms with Gasteiger partial charge in [0.15, 0.2) is 18.1 Å². The van der Waals surface area contributed by atoms with Crippen LogP contribution in [0.2, 0.25) is 0 Å². The first-order chi connectivity index (χ1) is 14.3. The zero-order valence-corrected chi connectivity index (χ0v) is 17.3. The number of benzene rings is 2. The Morgan fingerprint density at radius 3 is 2.33 bits per heavy atom. The molecule has 0 bridgehead atoms. The SMILES string of the molecule is CCN(Cc1ccc(OC)c(OC)c1)C(=O)COC(=O)c1ccc([N+](=O)[O-])c(C)c1. The van der Waals surface area contributed by atoms with Gasteiger partial charge in [0.2, 0.25) is 0 Å². The fraction of sp³-hybridized carbons (Fsp3) is 0.333. The summed E-state index contributed by atoms with van der Waals surface area (Å²) >= 11 is 0. The van der Waals surface area contributed by atoms with Crippen molar-refractivity contribution in [3.63, 3.8) is 0 Å². The van der Waals surface area contributed by atoms with Crippen LogP contribution in [0.1, 0.15) is 28.4 Å². The van der Waals surface area contributed by atoms with E-state index in [2.05, 4.69) is 0 Å². The Bertz CT molecular complexity index is 943. The molecule has 0 aliphatic rings. The molecule has 0 aliphatic heterocycles. The minimum absolute atomic E-state index is 0.0882. The smallest absolute Gasteiger partial charge is 0.338 e. The summed E-state index contributed by atoms with van der Waals surface area (Å²) < 4.78 is 15.6. The van der Waals surface area contributed by atoms with Gasteiger partial charge in [-0.05, 0) is 43.7 Å². The average Bonchev–Trinajstić information content (AvgIpc) is 2.74. The van der Waals surface area contributed by atoms with Crippen molar-refractivity contribution in [2.24, 2.45) is 0 Å². The Morgan fingerprint density at radius 2 is 1.77 bits per heavy atom. The number of aryl methyl sites for hydroxylation is 1. The van der Waals surface area contributed by atoms with Crippen LogP contribution in [-0.2, 0) is 16.1 Å². The summed E-state index contributed by atoms with van der Waals surface area (Å²) in [6, 6.07) is 9.27. The van der Waals surface area contributed by atoms with Gasteiger partial charge in [0.05, 0.1) is 24.7 Å². The standard InChI is InChI=1S/C21H24N2O7/c1-5-22(12-15-6-9-18(28-3)19(11-15)29-4)20(24)13-30-21(25)16-7-8-17(23(26)27)14(2)10-16/h6-11H,5,12-13H2,1-4H3. The second-order valence-corrected chi connectivity index (χ2v) is 6.43. The van der Waals surface area contributed by atoms with E-state index in [1.54, 1.807) is 19.2 Å². The average molecular weight is 416 g/mol. The molecule has 0 saturated heterocycles. The number of carbonyl (C=O) groups is 2. The van der Waals surface area contributed by atoms with Crippen molar-refractivity contribution in [2.75, 3.05) is 27.4 Å². The first-order valence-corrected chi connectivity index (χ1v) is 9.21. The molecule has 0 fully saturated rings. The second-order valence-electron chi connectivity index (χ2n) is 6.43. The summed E-state index contributed by atoms with van der Waals surface area (Å²) in [5.74, 6) is 0.0594. The molecule has 160 valence electrons. The maximum absolute atomic E-state index is 12.5. The molecule has 0 aromatic heterocycles. The fourth-order valence-corrected chi connectivity index (χ4v) is 2.86. The molecule has 0 saturated carbocycles. The Labute approximate surface area is 174 Å². The monoisotopic (exact) mass is 416 g/mol. The lowest BCUT2D eigenvalue weighted by atomic mass is 10.1. The Hall–Kier alpha value is -3.62. The Kier molecular flexibility index (Phi) is 7.74. The first-order valence-electron chi connectivity index (χ1n) is 9.21. The number of hydrogen-bond donors (Lipinski definition) is 0. The van der Waals surface area contributed by atoms with Crippen molar-refractivity contribution in [3.05, 3.63) is 63.2 Å². The van der Waals surface area contributed by atoms with Gasteiger partial charge >= 0.3 is 5.97 Å². The van der Waals surface area contributed by atoms with E-state index in [4.69, 9.17) is 14.2 Å². The lowest BCUT2D eigenvalue weighted by Gasteiger charge is -2.21. The van der Waals surface area contributed by atoms with E-state index in [0.717, 1.165) is 5.56 Å². The van der Waals surface area contributed by atoms with Gasteiger partial charge in [-0.2, -0.15) is 0 Å². The molecule has 0 radical (unpaired) electrons. The fourth-order valence-electron chi connectivity index (χ4n) is 2.86. The number of hydrogen-bond acceptors (Lipinski definition) is 7. The quantitative estimate of drug-likeness (QED) is 0.351. The van der Waals surface area contributed by atoms with Crippen LogP contribution in [0.15, 0.2) is 36.4 Å². The molecule has 2 aromatic rings. The van der Waals surface area contributed by atoms with E-state index in [-0.39, 0.29) is 17.2 Å². The summed E-state index contributed by atoms with van der Waals surface area (Å²) in [5.41, 5.74) is 1.23. The molecular weight excluding hydrogens is 392 g/mol. The highest BCUT2D eigenvalue weighted by Gasteiger charge is 2.18. The Morgan fingerprint density at radius 1 is 1.07 bits per heavy atom. The van der Waals surface area contributed by atoms with Gasteiger partial charge in [0.1, 0.15) is 0 Å². The van der Waals surface area contributed by atoms with Crippen molar-refractivity contribution in [3.8, 4) is 11.5 Å². The van der Waals surface area contributed by atoms with Gasteiger partial charge in [0.25, 0.3) is 11.6 Å². The van der Waals surface area contributed by atoms with Crippen LogP contribution in [0.4, 0.5) is 5.69 Å². The van der Waals surface area contributed by atoms with Gasteiger partial charge in [-0.15, -0.1) is 0 Å². The van der Waals surface area contributed by atoms with Crippen LogP contribution in [0.5, 0.6) is 11.5 Å². The topological polar surface area (TPSA) is 108 Å². The molecular formula is C21H24N2O7. The predicted molar refractivity (Wildman–Crippen MR) is 109 cm³/mol. The zero-order chi connectivity index (χ0) is 22.3. The van der Waals surface area contributed by atoms with Gasteiger partial charge in [-0.3, -0.25) is 14.9 Å². The van der Waals surface area contributed by atoms with Gasteiger partial charge in [-0.1, -0.05) is 6.07 Å². The highest BCUT2D eigenvalue weighted by molar-refractivity contribution is 5.91. The zero-order valence-electron chi connectivity index (χ0n) is 17.3. The van der Waals surface area contributed by atoms with Crippen molar-refractivity contribution < 1.29 is 28.7 Å². The Balaban J connectivity index is 2.01. The number of ether oxygens (including phenoxy) is 3. The van der Waals surface area contributed by atoms with Crippen molar-refractivity contribution in [1.82, 2.24) is 4.90 Å². The summed E-state index contributed by atoms with van der Waals surface area (Å²) in [4.78, 5) is 36.6. The minimum atomic E-state index is -0.719. The van der Waals surface area contributed by atoms with Gasteiger partial charge in [-0.25, -0.2) is 4.79 Å². The van der Waals surface area contributed by atoms with E-state index in [9.17, 15) is 19.7 Å². The van der Waals surface area contributed by atoms with E-state index in [1.165, 1.54) is 37.1 Å². The van der Waals surface area contributed by atoms with Crippen LogP contribution in [0.3, 0.4) is 0 Å². The van der Waals surface area contributed by atoms with Crippen LogP contribution >= 0.6 is 0 Å². The number of rotatable bonds is 9. The second kappa shape index (κ2) is 10.2. The maximum atomic E-state index is 12.5. The summed E-state index contributed by atoms with van der Waals surface area (Å²) in [7, 11) is 3.07. The molecule has 30 heavy (non-hydrogen) atoms. The number of methoxy groups -OCH3 is 2. The molecule has 0 heterocycles. The third kappa shape index (κ3) is 5.47. The number of likely N-dealkylation sites (N-methyl/N-ethyl adjacent to an activating group) is 1. The molecule has 9 heteroatoms. The third-order valence-electron chi connectivity index (χ3n) is 4.51. The van der Waals surface area contributed by atoms with Crippen molar-refractivity contribution in [1.29, 1.82) is 0 Å². The molecule has 9 nitrogen and oxygen atoms in total. The number of nitro benzene ring substituents is 1. The normalized spacial score (nSPS) is 10.3. The first kappa shape index (κ1) is 22.7. The number of esters is 1. The van der Waals surface area contributed by atoms with E-state index in [1.807, 2.05) is 13.0 Å².